The van der Waals surface area contributed by atoms with Crippen molar-refractivity contribution in [2.24, 2.45) is 5.92 Å². The van der Waals surface area contributed by atoms with Gasteiger partial charge < -0.3 is 10.1 Å². The Bertz CT molecular complexity index is 364. The molecule has 0 saturated heterocycles. The molecule has 3 heteroatoms. The van der Waals surface area contributed by atoms with Crippen LogP contribution < -0.4 is 5.32 Å². The molecule has 1 aliphatic rings. The third-order valence-electron chi connectivity index (χ3n) is 3.23. The van der Waals surface area contributed by atoms with Crippen molar-refractivity contribution in [3.05, 3.63) is 30.3 Å². The van der Waals surface area contributed by atoms with Gasteiger partial charge in [-0.25, -0.2) is 0 Å². The monoisotopic (exact) mass is 233 g/mol. The predicted molar refractivity (Wildman–Crippen MR) is 67.8 cm³/mol. The van der Waals surface area contributed by atoms with Crippen LogP contribution in [0, 0.1) is 5.92 Å². The lowest BCUT2D eigenvalue weighted by Crippen LogP contribution is -2.31. The molecule has 1 aliphatic carbocycles. The molecular formula is C14H19NO2. The highest BCUT2D eigenvalue weighted by atomic mass is 16.5. The minimum Gasteiger partial charge on any atom is -0.466 e. The molecule has 0 amide bonds. The Morgan fingerprint density at radius 2 is 2.12 bits per heavy atom. The van der Waals surface area contributed by atoms with Crippen LogP contribution in [0.15, 0.2) is 30.3 Å². The van der Waals surface area contributed by atoms with Crippen molar-refractivity contribution in [1.82, 2.24) is 0 Å². The Labute approximate surface area is 102 Å². The van der Waals surface area contributed by atoms with Crippen LogP contribution >= 0.6 is 0 Å². The van der Waals surface area contributed by atoms with Gasteiger partial charge in [-0.3, -0.25) is 4.79 Å². The number of rotatable bonds is 4. The Balaban J connectivity index is 1.98. The number of hydrogen-bond acceptors (Lipinski definition) is 3. The van der Waals surface area contributed by atoms with E-state index >= 15 is 0 Å². The van der Waals surface area contributed by atoms with Gasteiger partial charge in [0.2, 0.25) is 0 Å². The number of hydrogen-bond donors (Lipinski definition) is 1. The SMILES string of the molecule is CCOC(=O)[C@H]1CCC[C@H]1Nc1ccccc1. The Morgan fingerprint density at radius 1 is 1.35 bits per heavy atom. The maximum absolute atomic E-state index is 11.8. The molecule has 0 aliphatic heterocycles. The molecule has 0 unspecified atom stereocenters. The molecule has 1 fully saturated rings. The molecule has 0 bridgehead atoms. The van der Waals surface area contributed by atoms with E-state index in [-0.39, 0.29) is 17.9 Å². The lowest BCUT2D eigenvalue weighted by atomic mass is 10.0. The summed E-state index contributed by atoms with van der Waals surface area (Å²) in [5.41, 5.74) is 1.08. The lowest BCUT2D eigenvalue weighted by Gasteiger charge is -2.20. The smallest absolute Gasteiger partial charge is 0.311 e. The fraction of sp³-hybridized carbons (Fsp3) is 0.500. The number of nitrogens with one attached hydrogen (secondary N) is 1. The molecule has 0 heterocycles. The molecular weight excluding hydrogens is 214 g/mol. The van der Waals surface area contributed by atoms with E-state index < -0.39 is 0 Å². The number of para-hydroxylation sites is 1. The van der Waals surface area contributed by atoms with Crippen LogP contribution in [0.1, 0.15) is 26.2 Å². The fourth-order valence-corrected chi connectivity index (χ4v) is 2.41. The average molecular weight is 233 g/mol. The Hall–Kier alpha value is -1.51. The van der Waals surface area contributed by atoms with Crippen LogP contribution in [0.4, 0.5) is 5.69 Å². The normalized spacial score (nSPS) is 23.4. The number of esters is 1. The van der Waals surface area contributed by atoms with E-state index in [0.717, 1.165) is 24.9 Å². The maximum atomic E-state index is 11.8. The number of ether oxygens (including phenoxy) is 1. The Morgan fingerprint density at radius 3 is 2.82 bits per heavy atom. The van der Waals surface area contributed by atoms with Gasteiger partial charge in [0.25, 0.3) is 0 Å². The second-order valence-electron chi connectivity index (χ2n) is 4.41. The quantitative estimate of drug-likeness (QED) is 0.813. The zero-order valence-electron chi connectivity index (χ0n) is 10.2. The molecule has 1 saturated carbocycles. The third kappa shape index (κ3) is 2.99. The van der Waals surface area contributed by atoms with Gasteiger partial charge in [0.05, 0.1) is 12.5 Å². The van der Waals surface area contributed by atoms with Gasteiger partial charge in [-0.05, 0) is 31.9 Å². The molecule has 1 aromatic carbocycles. The average Bonchev–Trinajstić information content (AvgIpc) is 2.79. The summed E-state index contributed by atoms with van der Waals surface area (Å²) in [7, 11) is 0. The zero-order chi connectivity index (χ0) is 12.1. The standard InChI is InChI=1S/C14H19NO2/c1-2-17-14(16)12-9-6-10-13(12)15-11-7-4-3-5-8-11/h3-5,7-8,12-13,15H,2,6,9-10H2,1H3/t12-,13+/m0/s1. The topological polar surface area (TPSA) is 38.3 Å². The van der Waals surface area contributed by atoms with Crippen molar-refractivity contribution in [3.63, 3.8) is 0 Å². The second kappa shape index (κ2) is 5.71. The molecule has 1 aromatic rings. The summed E-state index contributed by atoms with van der Waals surface area (Å²) in [6, 6.07) is 10.3. The van der Waals surface area contributed by atoms with Gasteiger partial charge in [0.1, 0.15) is 0 Å². The first kappa shape index (κ1) is 12.0. The van der Waals surface area contributed by atoms with Crippen LogP contribution in [0.25, 0.3) is 0 Å². The minimum absolute atomic E-state index is 0.00940. The second-order valence-corrected chi connectivity index (χ2v) is 4.41. The van der Waals surface area contributed by atoms with Gasteiger partial charge >= 0.3 is 5.97 Å². The number of benzene rings is 1. The van der Waals surface area contributed by atoms with Gasteiger partial charge in [-0.15, -0.1) is 0 Å². The highest BCUT2D eigenvalue weighted by molar-refractivity contribution is 5.74. The predicted octanol–water partition coefficient (Wildman–Crippen LogP) is 2.83. The molecule has 2 atom stereocenters. The van der Waals surface area contributed by atoms with Gasteiger partial charge in [-0.1, -0.05) is 24.6 Å². The van der Waals surface area contributed by atoms with Gasteiger partial charge in [0.15, 0.2) is 0 Å². The summed E-state index contributed by atoms with van der Waals surface area (Å²) in [5.74, 6) is -0.0476. The Kier molecular flexibility index (Phi) is 4.02. The van der Waals surface area contributed by atoms with Gasteiger partial charge in [0, 0.05) is 11.7 Å². The van der Waals surface area contributed by atoms with E-state index in [2.05, 4.69) is 5.32 Å². The highest BCUT2D eigenvalue weighted by Crippen LogP contribution is 2.29. The van der Waals surface area contributed by atoms with Gasteiger partial charge in [-0.2, -0.15) is 0 Å². The van der Waals surface area contributed by atoms with E-state index in [1.54, 1.807) is 0 Å². The largest absolute Gasteiger partial charge is 0.466 e. The van der Waals surface area contributed by atoms with Crippen LogP contribution in [-0.4, -0.2) is 18.6 Å². The number of carbonyl (C=O) groups excluding carboxylic acids is 1. The van der Waals surface area contributed by atoms with Crippen molar-refractivity contribution in [2.45, 2.75) is 32.2 Å². The minimum atomic E-state index is -0.0570. The summed E-state index contributed by atoms with van der Waals surface area (Å²) in [4.78, 5) is 11.8. The first-order valence-electron chi connectivity index (χ1n) is 6.29. The van der Waals surface area contributed by atoms with Crippen LogP contribution in [0.3, 0.4) is 0 Å². The first-order valence-corrected chi connectivity index (χ1v) is 6.29. The zero-order valence-corrected chi connectivity index (χ0v) is 10.2. The molecule has 0 radical (unpaired) electrons. The van der Waals surface area contributed by atoms with Crippen LogP contribution in [0.2, 0.25) is 0 Å². The third-order valence-corrected chi connectivity index (χ3v) is 3.23. The molecule has 0 aromatic heterocycles. The van der Waals surface area contributed by atoms with Crippen molar-refractivity contribution in [2.75, 3.05) is 11.9 Å². The molecule has 92 valence electrons. The van der Waals surface area contributed by atoms with E-state index in [1.807, 2.05) is 37.3 Å². The summed E-state index contributed by atoms with van der Waals surface area (Å²) in [5, 5.41) is 3.43. The molecule has 17 heavy (non-hydrogen) atoms. The van der Waals surface area contributed by atoms with E-state index in [1.165, 1.54) is 0 Å². The molecule has 2 rings (SSSR count). The molecule has 0 spiro atoms. The van der Waals surface area contributed by atoms with E-state index in [9.17, 15) is 4.79 Å². The van der Waals surface area contributed by atoms with E-state index in [0.29, 0.717) is 6.61 Å². The van der Waals surface area contributed by atoms with Crippen LogP contribution in [0.5, 0.6) is 0 Å². The lowest BCUT2D eigenvalue weighted by molar-refractivity contribution is -0.147. The highest BCUT2D eigenvalue weighted by Gasteiger charge is 2.33. The van der Waals surface area contributed by atoms with Crippen molar-refractivity contribution >= 4 is 11.7 Å². The summed E-state index contributed by atoms with van der Waals surface area (Å²) in [6.07, 6.45) is 3.07. The van der Waals surface area contributed by atoms with Crippen LogP contribution in [-0.2, 0) is 9.53 Å². The van der Waals surface area contributed by atoms with Crippen molar-refractivity contribution < 1.29 is 9.53 Å². The van der Waals surface area contributed by atoms with E-state index in [4.69, 9.17) is 4.74 Å². The summed E-state index contributed by atoms with van der Waals surface area (Å²) < 4.78 is 5.11. The van der Waals surface area contributed by atoms with Crippen molar-refractivity contribution in [3.8, 4) is 0 Å². The number of anilines is 1. The summed E-state index contributed by atoms with van der Waals surface area (Å²) in [6.45, 7) is 2.32. The maximum Gasteiger partial charge on any atom is 0.311 e. The van der Waals surface area contributed by atoms with Crippen molar-refractivity contribution in [1.29, 1.82) is 0 Å². The number of carbonyl (C=O) groups is 1. The first-order chi connectivity index (χ1) is 8.31. The fourth-order valence-electron chi connectivity index (χ4n) is 2.41. The summed E-state index contributed by atoms with van der Waals surface area (Å²) >= 11 is 0. The molecule has 1 N–H and O–H groups in total. The molecule has 3 nitrogen and oxygen atoms in total.